The fourth-order valence-electron chi connectivity index (χ4n) is 3.84. The number of primary amides is 1. The van der Waals surface area contributed by atoms with Gasteiger partial charge in [-0.3, -0.25) is 14.7 Å². The number of carbonyl (C=O) groups is 1. The molecular formula is C24H34IN5O3. The van der Waals surface area contributed by atoms with Crippen LogP contribution in [0.15, 0.2) is 53.5 Å². The summed E-state index contributed by atoms with van der Waals surface area (Å²) < 4.78 is 10.7. The molecule has 1 aliphatic rings. The van der Waals surface area contributed by atoms with Gasteiger partial charge >= 0.3 is 0 Å². The number of rotatable bonds is 10. The van der Waals surface area contributed by atoms with Crippen molar-refractivity contribution in [2.24, 2.45) is 10.7 Å². The molecule has 1 heterocycles. The molecule has 1 fully saturated rings. The first-order valence-electron chi connectivity index (χ1n) is 10.9. The fourth-order valence-corrected chi connectivity index (χ4v) is 3.84. The highest BCUT2D eigenvalue weighted by atomic mass is 127. The maximum atomic E-state index is 10.9. The predicted octanol–water partition coefficient (Wildman–Crippen LogP) is 2.68. The van der Waals surface area contributed by atoms with E-state index >= 15 is 0 Å². The van der Waals surface area contributed by atoms with E-state index in [1.54, 1.807) is 20.2 Å². The lowest BCUT2D eigenvalue weighted by Gasteiger charge is -2.29. The van der Waals surface area contributed by atoms with Crippen molar-refractivity contribution >= 4 is 35.8 Å². The lowest BCUT2D eigenvalue weighted by atomic mass is 10.1. The minimum atomic E-state index is -0.498. The Morgan fingerprint density at radius 1 is 1.12 bits per heavy atom. The highest BCUT2D eigenvalue weighted by molar-refractivity contribution is 14.0. The Balaban J connectivity index is 0.00000385. The van der Waals surface area contributed by atoms with Crippen molar-refractivity contribution in [3.63, 3.8) is 0 Å². The van der Waals surface area contributed by atoms with Gasteiger partial charge in [-0.2, -0.15) is 0 Å². The van der Waals surface area contributed by atoms with Gasteiger partial charge in [-0.25, -0.2) is 0 Å². The molecule has 1 amide bonds. The summed E-state index contributed by atoms with van der Waals surface area (Å²) in [5.74, 6) is 1.70. The number of benzene rings is 2. The van der Waals surface area contributed by atoms with Crippen LogP contribution in [0.25, 0.3) is 0 Å². The van der Waals surface area contributed by atoms with E-state index in [0.29, 0.717) is 12.3 Å². The second kappa shape index (κ2) is 13.9. The predicted molar refractivity (Wildman–Crippen MR) is 141 cm³/mol. The van der Waals surface area contributed by atoms with Gasteiger partial charge in [0.05, 0.1) is 13.2 Å². The highest BCUT2D eigenvalue weighted by Gasteiger charge is 2.23. The molecule has 2 aromatic carbocycles. The number of amides is 1. The zero-order chi connectivity index (χ0) is 22.8. The van der Waals surface area contributed by atoms with Crippen molar-refractivity contribution in [3.05, 3.63) is 59.7 Å². The number of hydrogen-bond donors (Lipinski definition) is 3. The van der Waals surface area contributed by atoms with Gasteiger partial charge in [0.25, 0.3) is 5.91 Å². The summed E-state index contributed by atoms with van der Waals surface area (Å²) in [5.41, 5.74) is 7.42. The number of hydrogen-bond acceptors (Lipinski definition) is 5. The monoisotopic (exact) mass is 567 g/mol. The molecule has 0 spiro atoms. The highest BCUT2D eigenvalue weighted by Crippen LogP contribution is 2.26. The summed E-state index contributed by atoms with van der Waals surface area (Å²) in [6, 6.07) is 16.1. The Bertz CT molecular complexity index is 901. The van der Waals surface area contributed by atoms with Crippen LogP contribution in [-0.2, 0) is 11.3 Å². The van der Waals surface area contributed by atoms with Crippen LogP contribution in [0, 0.1) is 0 Å². The molecule has 9 heteroatoms. The fraction of sp³-hybridized carbons (Fsp3) is 0.417. The summed E-state index contributed by atoms with van der Waals surface area (Å²) >= 11 is 0. The molecule has 1 atom stereocenters. The SMILES string of the molecule is CN=C(NCc1cccc(OCC(N)=O)c1)NCC(c1ccc(OC)cc1)N1CCCC1.I. The molecule has 4 N–H and O–H groups in total. The van der Waals surface area contributed by atoms with Crippen molar-refractivity contribution in [1.82, 2.24) is 15.5 Å². The van der Waals surface area contributed by atoms with Gasteiger partial charge in [-0.1, -0.05) is 24.3 Å². The third-order valence-electron chi connectivity index (χ3n) is 5.51. The van der Waals surface area contributed by atoms with Crippen molar-refractivity contribution in [3.8, 4) is 11.5 Å². The zero-order valence-electron chi connectivity index (χ0n) is 19.3. The molecule has 8 nitrogen and oxygen atoms in total. The number of likely N-dealkylation sites (tertiary alicyclic amines) is 1. The Morgan fingerprint density at radius 3 is 2.48 bits per heavy atom. The van der Waals surface area contributed by atoms with E-state index in [0.717, 1.165) is 36.9 Å². The standard InChI is InChI=1S/C24H33N5O3.HI/c1-26-24(27-15-18-6-5-7-21(14-18)32-17-23(25)30)28-16-22(29-12-3-4-13-29)19-8-10-20(31-2)11-9-19;/h5-11,14,22H,3-4,12-13,15-17H2,1-2H3,(H2,25,30)(H2,26,27,28);1H. The number of nitrogens with one attached hydrogen (secondary N) is 2. The second-order valence-corrected chi connectivity index (χ2v) is 7.74. The average Bonchev–Trinajstić information content (AvgIpc) is 3.35. The summed E-state index contributed by atoms with van der Waals surface area (Å²) in [6.07, 6.45) is 2.46. The van der Waals surface area contributed by atoms with Crippen LogP contribution < -0.4 is 25.8 Å². The molecular weight excluding hydrogens is 533 g/mol. The number of halogens is 1. The third kappa shape index (κ3) is 8.39. The quantitative estimate of drug-likeness (QED) is 0.232. The van der Waals surface area contributed by atoms with E-state index < -0.39 is 5.91 Å². The van der Waals surface area contributed by atoms with Gasteiger partial charge in [0.1, 0.15) is 11.5 Å². The van der Waals surface area contributed by atoms with Crippen molar-refractivity contribution in [2.75, 3.05) is 40.4 Å². The van der Waals surface area contributed by atoms with Crippen molar-refractivity contribution in [1.29, 1.82) is 0 Å². The zero-order valence-corrected chi connectivity index (χ0v) is 21.6. The van der Waals surface area contributed by atoms with Gasteiger partial charge in [0, 0.05) is 20.1 Å². The number of methoxy groups -OCH3 is 1. The molecule has 0 aliphatic carbocycles. The summed E-state index contributed by atoms with van der Waals surface area (Å²) in [4.78, 5) is 17.8. The molecule has 0 bridgehead atoms. The number of carbonyl (C=O) groups excluding carboxylic acids is 1. The maximum absolute atomic E-state index is 10.9. The lowest BCUT2D eigenvalue weighted by molar-refractivity contribution is -0.119. The van der Waals surface area contributed by atoms with Crippen molar-refractivity contribution in [2.45, 2.75) is 25.4 Å². The number of nitrogens with two attached hydrogens (primary N) is 1. The molecule has 180 valence electrons. The van der Waals surface area contributed by atoms with Gasteiger partial charge in [0.15, 0.2) is 12.6 Å². The Hall–Kier alpha value is -2.53. The topological polar surface area (TPSA) is 101 Å². The average molecular weight is 567 g/mol. The van der Waals surface area contributed by atoms with Gasteiger partial charge in [0.2, 0.25) is 0 Å². The van der Waals surface area contributed by atoms with Crippen LogP contribution in [0.2, 0.25) is 0 Å². The number of ether oxygens (including phenoxy) is 2. The molecule has 0 saturated carbocycles. The first-order valence-corrected chi connectivity index (χ1v) is 10.9. The van der Waals surface area contributed by atoms with Crippen LogP contribution in [0.3, 0.4) is 0 Å². The smallest absolute Gasteiger partial charge is 0.255 e. The summed E-state index contributed by atoms with van der Waals surface area (Å²) in [5, 5.41) is 6.82. The Kier molecular flexibility index (Phi) is 11.2. The Morgan fingerprint density at radius 2 is 1.85 bits per heavy atom. The van der Waals surface area contributed by atoms with Gasteiger partial charge in [-0.15, -0.1) is 24.0 Å². The first-order chi connectivity index (χ1) is 15.6. The van der Waals surface area contributed by atoms with E-state index in [4.69, 9.17) is 15.2 Å². The van der Waals surface area contributed by atoms with Crippen LogP contribution in [-0.4, -0.2) is 57.2 Å². The molecule has 1 saturated heterocycles. The molecule has 3 rings (SSSR count). The largest absolute Gasteiger partial charge is 0.497 e. The van der Waals surface area contributed by atoms with Crippen molar-refractivity contribution < 1.29 is 14.3 Å². The van der Waals surface area contributed by atoms with E-state index in [9.17, 15) is 4.79 Å². The van der Waals surface area contributed by atoms with Crippen LogP contribution in [0.5, 0.6) is 11.5 Å². The molecule has 33 heavy (non-hydrogen) atoms. The third-order valence-corrected chi connectivity index (χ3v) is 5.51. The van der Waals surface area contributed by atoms with Crippen LogP contribution in [0.1, 0.15) is 30.0 Å². The summed E-state index contributed by atoms with van der Waals surface area (Å²) in [6.45, 7) is 3.38. The molecule has 1 unspecified atom stereocenters. The lowest BCUT2D eigenvalue weighted by Crippen LogP contribution is -2.42. The number of nitrogens with zero attached hydrogens (tertiary/aromatic N) is 2. The van der Waals surface area contributed by atoms with Gasteiger partial charge < -0.3 is 25.8 Å². The Labute approximate surface area is 212 Å². The molecule has 1 aliphatic heterocycles. The molecule has 0 radical (unpaired) electrons. The minimum Gasteiger partial charge on any atom is -0.497 e. The van der Waals surface area contributed by atoms with E-state index in [1.807, 2.05) is 30.3 Å². The summed E-state index contributed by atoms with van der Waals surface area (Å²) in [7, 11) is 3.45. The first kappa shape index (κ1) is 26.7. The van der Waals surface area contributed by atoms with E-state index in [-0.39, 0.29) is 36.6 Å². The van der Waals surface area contributed by atoms with E-state index in [2.05, 4.69) is 32.7 Å². The molecule has 2 aromatic rings. The number of guanidine groups is 1. The minimum absolute atomic E-state index is 0. The van der Waals surface area contributed by atoms with Crippen LogP contribution >= 0.6 is 24.0 Å². The molecule has 0 aromatic heterocycles. The number of aliphatic imine (C=N–C) groups is 1. The van der Waals surface area contributed by atoms with Gasteiger partial charge in [-0.05, 0) is 61.3 Å². The second-order valence-electron chi connectivity index (χ2n) is 7.74. The van der Waals surface area contributed by atoms with Crippen LogP contribution in [0.4, 0.5) is 0 Å². The normalized spacial score (nSPS) is 14.8. The maximum Gasteiger partial charge on any atom is 0.255 e. The van der Waals surface area contributed by atoms with E-state index in [1.165, 1.54) is 18.4 Å².